The third-order valence-electron chi connectivity index (χ3n) is 2.30. The number of hydrogen-bond donors (Lipinski definition) is 2. The minimum Gasteiger partial charge on any atom is -0.382 e. The molecule has 1 aromatic heterocycles. The highest BCUT2D eigenvalue weighted by molar-refractivity contribution is 6.37. The molecular weight excluding hydrogens is 233 g/mol. The molecule has 0 aliphatic heterocycles. The summed E-state index contributed by atoms with van der Waals surface area (Å²) in [6.07, 6.45) is 0.952. The van der Waals surface area contributed by atoms with Crippen molar-refractivity contribution in [3.63, 3.8) is 0 Å². The van der Waals surface area contributed by atoms with E-state index < -0.39 is 0 Å². The Labute approximate surface area is 100.0 Å². The van der Waals surface area contributed by atoms with Crippen molar-refractivity contribution in [3.05, 3.63) is 16.1 Å². The van der Waals surface area contributed by atoms with Gasteiger partial charge < -0.3 is 11.1 Å². The predicted octanol–water partition coefficient (Wildman–Crippen LogP) is 3.57. The van der Waals surface area contributed by atoms with Crippen LogP contribution in [0.4, 0.5) is 11.6 Å². The van der Waals surface area contributed by atoms with Crippen molar-refractivity contribution < 1.29 is 0 Å². The number of pyridine rings is 1. The van der Waals surface area contributed by atoms with E-state index in [4.69, 9.17) is 28.9 Å². The van der Waals surface area contributed by atoms with Gasteiger partial charge in [-0.2, -0.15) is 0 Å². The Bertz CT molecular complexity index is 364. The standard InChI is InChI=1S/C10H15Cl2N3/c1-4-10(2,3)15-9-7(12)5-6(11)8(13)14-9/h5H,4H2,1-3H3,(H3,13,14,15). The molecule has 1 rings (SSSR count). The Morgan fingerprint density at radius 3 is 2.53 bits per heavy atom. The van der Waals surface area contributed by atoms with Crippen LogP contribution in [0.15, 0.2) is 6.07 Å². The van der Waals surface area contributed by atoms with Crippen molar-refractivity contribution in [2.24, 2.45) is 0 Å². The van der Waals surface area contributed by atoms with E-state index in [1.807, 2.05) is 0 Å². The Kier molecular flexibility index (Phi) is 3.68. The molecule has 0 aliphatic carbocycles. The molecule has 1 heterocycles. The van der Waals surface area contributed by atoms with Gasteiger partial charge in [-0.05, 0) is 26.3 Å². The fourth-order valence-electron chi connectivity index (χ4n) is 0.977. The number of rotatable bonds is 3. The van der Waals surface area contributed by atoms with Crippen LogP contribution in [-0.2, 0) is 0 Å². The maximum atomic E-state index is 6.00. The molecule has 3 nitrogen and oxygen atoms in total. The molecular formula is C10H15Cl2N3. The quantitative estimate of drug-likeness (QED) is 0.859. The van der Waals surface area contributed by atoms with Crippen molar-refractivity contribution in [2.45, 2.75) is 32.7 Å². The van der Waals surface area contributed by atoms with Gasteiger partial charge in [0.15, 0.2) is 0 Å². The fraction of sp³-hybridized carbons (Fsp3) is 0.500. The van der Waals surface area contributed by atoms with Gasteiger partial charge in [0.2, 0.25) is 0 Å². The monoisotopic (exact) mass is 247 g/mol. The van der Waals surface area contributed by atoms with E-state index in [1.165, 1.54) is 0 Å². The highest BCUT2D eigenvalue weighted by Crippen LogP contribution is 2.29. The zero-order chi connectivity index (χ0) is 11.6. The van der Waals surface area contributed by atoms with E-state index in [9.17, 15) is 0 Å². The second-order valence-electron chi connectivity index (χ2n) is 4.05. The molecule has 5 heteroatoms. The number of aromatic nitrogens is 1. The normalized spacial score (nSPS) is 11.5. The first-order chi connectivity index (χ1) is 6.85. The molecule has 0 saturated heterocycles. The topological polar surface area (TPSA) is 50.9 Å². The molecule has 0 saturated carbocycles. The Hall–Kier alpha value is -0.670. The molecule has 0 radical (unpaired) electrons. The summed E-state index contributed by atoms with van der Waals surface area (Å²) in [5.41, 5.74) is 5.54. The Balaban J connectivity index is 3.01. The summed E-state index contributed by atoms with van der Waals surface area (Å²) in [4.78, 5) is 4.11. The highest BCUT2D eigenvalue weighted by atomic mass is 35.5. The molecule has 3 N–H and O–H groups in total. The molecule has 0 unspecified atom stereocenters. The molecule has 1 aromatic rings. The number of nitrogens with one attached hydrogen (secondary N) is 1. The first-order valence-electron chi connectivity index (χ1n) is 4.75. The molecule has 0 amide bonds. The number of nitrogens with zero attached hydrogens (tertiary/aromatic N) is 1. The van der Waals surface area contributed by atoms with Crippen molar-refractivity contribution in [2.75, 3.05) is 11.1 Å². The third-order valence-corrected chi connectivity index (χ3v) is 2.89. The van der Waals surface area contributed by atoms with Gasteiger partial charge in [0, 0.05) is 5.54 Å². The minimum absolute atomic E-state index is 0.0725. The van der Waals surface area contributed by atoms with Crippen molar-refractivity contribution >= 4 is 34.8 Å². The summed E-state index contributed by atoms with van der Waals surface area (Å²) in [7, 11) is 0. The molecule has 0 spiro atoms. The maximum absolute atomic E-state index is 6.00. The lowest BCUT2D eigenvalue weighted by Gasteiger charge is -2.25. The van der Waals surface area contributed by atoms with Gasteiger partial charge in [-0.3, -0.25) is 0 Å². The van der Waals surface area contributed by atoms with Gasteiger partial charge in [-0.1, -0.05) is 30.1 Å². The van der Waals surface area contributed by atoms with E-state index in [0.717, 1.165) is 6.42 Å². The average Bonchev–Trinajstić information content (AvgIpc) is 2.14. The number of hydrogen-bond acceptors (Lipinski definition) is 3. The second-order valence-corrected chi connectivity index (χ2v) is 4.86. The summed E-state index contributed by atoms with van der Waals surface area (Å²) in [6.45, 7) is 6.21. The Morgan fingerprint density at radius 2 is 2.00 bits per heavy atom. The SMILES string of the molecule is CCC(C)(C)Nc1nc(N)c(Cl)cc1Cl. The van der Waals surface area contributed by atoms with Crippen molar-refractivity contribution in [1.29, 1.82) is 0 Å². The third kappa shape index (κ3) is 3.14. The lowest BCUT2D eigenvalue weighted by Crippen LogP contribution is -2.30. The van der Waals surface area contributed by atoms with Crippen LogP contribution in [0.2, 0.25) is 10.0 Å². The number of nitrogen functional groups attached to an aromatic ring is 1. The minimum atomic E-state index is -0.0725. The fourth-order valence-corrected chi connectivity index (χ4v) is 1.38. The van der Waals surface area contributed by atoms with E-state index in [0.29, 0.717) is 15.9 Å². The summed E-state index contributed by atoms with van der Waals surface area (Å²) < 4.78 is 0. The molecule has 0 bridgehead atoms. The second kappa shape index (κ2) is 4.45. The van der Waals surface area contributed by atoms with Gasteiger partial charge in [0.1, 0.15) is 11.6 Å². The van der Waals surface area contributed by atoms with Crippen LogP contribution < -0.4 is 11.1 Å². The van der Waals surface area contributed by atoms with Crippen LogP contribution in [0.25, 0.3) is 0 Å². The zero-order valence-corrected chi connectivity index (χ0v) is 10.6. The van der Waals surface area contributed by atoms with Gasteiger partial charge >= 0.3 is 0 Å². The Morgan fingerprint density at radius 1 is 1.40 bits per heavy atom. The van der Waals surface area contributed by atoms with Crippen LogP contribution in [0.3, 0.4) is 0 Å². The van der Waals surface area contributed by atoms with E-state index in [1.54, 1.807) is 6.07 Å². The van der Waals surface area contributed by atoms with E-state index in [2.05, 4.69) is 31.1 Å². The van der Waals surface area contributed by atoms with Crippen LogP contribution >= 0.6 is 23.2 Å². The van der Waals surface area contributed by atoms with Gasteiger partial charge in [-0.15, -0.1) is 0 Å². The summed E-state index contributed by atoms with van der Waals surface area (Å²) in [5.74, 6) is 0.862. The number of nitrogens with two attached hydrogens (primary N) is 1. The zero-order valence-electron chi connectivity index (χ0n) is 9.06. The first kappa shape index (κ1) is 12.4. The van der Waals surface area contributed by atoms with Gasteiger partial charge in [0.25, 0.3) is 0 Å². The lowest BCUT2D eigenvalue weighted by atomic mass is 10.0. The van der Waals surface area contributed by atoms with Gasteiger partial charge in [0.05, 0.1) is 10.0 Å². The van der Waals surface area contributed by atoms with Gasteiger partial charge in [-0.25, -0.2) is 4.98 Å². The molecule has 0 aromatic carbocycles. The first-order valence-corrected chi connectivity index (χ1v) is 5.51. The lowest BCUT2D eigenvalue weighted by molar-refractivity contribution is 0.545. The maximum Gasteiger partial charge on any atom is 0.147 e. The smallest absolute Gasteiger partial charge is 0.147 e. The van der Waals surface area contributed by atoms with Crippen molar-refractivity contribution in [1.82, 2.24) is 4.98 Å². The highest BCUT2D eigenvalue weighted by Gasteiger charge is 2.17. The van der Waals surface area contributed by atoms with E-state index in [-0.39, 0.29) is 11.4 Å². The molecule has 84 valence electrons. The largest absolute Gasteiger partial charge is 0.382 e. The average molecular weight is 248 g/mol. The van der Waals surface area contributed by atoms with E-state index >= 15 is 0 Å². The molecule has 15 heavy (non-hydrogen) atoms. The van der Waals surface area contributed by atoms with Crippen LogP contribution in [0.1, 0.15) is 27.2 Å². The van der Waals surface area contributed by atoms with Crippen LogP contribution in [0, 0.1) is 0 Å². The molecule has 0 fully saturated rings. The van der Waals surface area contributed by atoms with Crippen LogP contribution in [0.5, 0.6) is 0 Å². The van der Waals surface area contributed by atoms with Crippen molar-refractivity contribution in [3.8, 4) is 0 Å². The summed E-state index contributed by atoms with van der Waals surface area (Å²) >= 11 is 11.8. The molecule has 0 aliphatic rings. The molecule has 0 atom stereocenters. The number of anilines is 2. The summed E-state index contributed by atoms with van der Waals surface area (Å²) in [5, 5.41) is 4.08. The summed E-state index contributed by atoms with van der Waals surface area (Å²) in [6, 6.07) is 1.60. The number of halogens is 2. The van der Waals surface area contributed by atoms with Crippen LogP contribution in [-0.4, -0.2) is 10.5 Å². The predicted molar refractivity (Wildman–Crippen MR) is 66.7 cm³/mol.